The topological polar surface area (TPSA) is 349 Å². The molecule has 0 aromatic rings. The van der Waals surface area contributed by atoms with Gasteiger partial charge in [0.25, 0.3) is 0 Å². The maximum absolute atomic E-state index is 12.2. The molecule has 23 nitrogen and oxygen atoms in total. The lowest BCUT2D eigenvalue weighted by Crippen LogP contribution is -2.67. The van der Waals surface area contributed by atoms with Crippen LogP contribution < -0.4 is 0 Å². The number of carbonyl (C=O) groups is 2. The molecular weight excluding hydrogens is 1030 g/mol. The Morgan fingerprint density at radius 2 is 1.22 bits per heavy atom. The first-order valence-corrected chi connectivity index (χ1v) is 28.1. The molecule has 0 bridgehead atoms. The van der Waals surface area contributed by atoms with Crippen LogP contribution in [0.1, 0.15) is 107 Å². The van der Waals surface area contributed by atoms with Gasteiger partial charge in [-0.3, -0.25) is 9.59 Å². The predicted molar refractivity (Wildman–Crippen MR) is 266 cm³/mol. The molecule has 0 aromatic heterocycles. The minimum atomic E-state index is -1.94. The molecule has 0 amide bonds. The number of rotatable bonds is 12. The highest BCUT2D eigenvalue weighted by atomic mass is 16.8. The Balaban J connectivity index is 0.953. The van der Waals surface area contributed by atoms with Crippen LogP contribution in [-0.2, 0) is 57.0 Å². The van der Waals surface area contributed by atoms with Gasteiger partial charge in [0.1, 0.15) is 86.0 Å². The molecule has 4 saturated heterocycles. The van der Waals surface area contributed by atoms with Crippen LogP contribution in [0.25, 0.3) is 0 Å². The van der Waals surface area contributed by atoms with Crippen LogP contribution in [0.2, 0.25) is 0 Å². The standard InChI is InChI=1S/C55H88O23/c1-22-16-52(4,5)17-26-25-10-11-32-54(8)15-13-33(53(6,7)31(54)12-14-55(32,9)35(25)41(64)40(63)34(22)26)76-51-47(77-48-44(67)36(59)27(58)18-70-48)43(66)38(61)29(75-51)20-71-50-46(39(62)30(21-72-50)73-24(3)57)78-49-45(68)42(65)37(60)28(74-49)19-69-23(2)56/h10,22,26-51,58-68H,11-21H2,1-9H3. The quantitative estimate of drug-likeness (QED) is 0.0653. The summed E-state index contributed by atoms with van der Waals surface area (Å²) >= 11 is 0. The second kappa shape index (κ2) is 22.8. The van der Waals surface area contributed by atoms with E-state index in [1.165, 1.54) is 5.57 Å². The summed E-state index contributed by atoms with van der Waals surface area (Å²) in [5.41, 5.74) is 0.281. The lowest BCUT2D eigenvalue weighted by molar-refractivity contribution is -0.379. The molecular formula is C55H88O23. The van der Waals surface area contributed by atoms with Crippen LogP contribution in [0.15, 0.2) is 11.6 Å². The Morgan fingerprint density at radius 3 is 1.91 bits per heavy atom. The van der Waals surface area contributed by atoms with Crippen LogP contribution in [0.5, 0.6) is 0 Å². The van der Waals surface area contributed by atoms with Crippen molar-refractivity contribution in [1.82, 2.24) is 0 Å². The Bertz CT molecular complexity index is 2150. The molecule has 0 spiro atoms. The zero-order valence-electron chi connectivity index (χ0n) is 46.3. The van der Waals surface area contributed by atoms with Crippen molar-refractivity contribution in [3.05, 3.63) is 11.6 Å². The third kappa shape index (κ3) is 11.0. The third-order valence-electron chi connectivity index (χ3n) is 20.2. The molecule has 78 heavy (non-hydrogen) atoms. The average Bonchev–Trinajstić information content (AvgIpc) is 3.47. The highest BCUT2D eigenvalue weighted by Gasteiger charge is 2.67. The number of aliphatic hydroxyl groups excluding tert-OH is 11. The number of hydrogen-bond donors (Lipinski definition) is 11. The number of ether oxygens (including phenoxy) is 10. The van der Waals surface area contributed by atoms with Crippen LogP contribution in [0.3, 0.4) is 0 Å². The van der Waals surface area contributed by atoms with Gasteiger partial charge in [-0.1, -0.05) is 60.1 Å². The zero-order valence-corrected chi connectivity index (χ0v) is 46.3. The molecule has 446 valence electrons. The van der Waals surface area contributed by atoms with E-state index in [1.807, 2.05) is 0 Å². The average molecular weight is 1120 g/mol. The van der Waals surface area contributed by atoms with Crippen molar-refractivity contribution in [2.45, 2.75) is 236 Å². The van der Waals surface area contributed by atoms with Gasteiger partial charge in [0.05, 0.1) is 38.1 Å². The third-order valence-corrected chi connectivity index (χ3v) is 20.2. The van der Waals surface area contributed by atoms with Gasteiger partial charge in [-0.2, -0.15) is 0 Å². The van der Waals surface area contributed by atoms with E-state index in [1.54, 1.807) is 0 Å². The van der Waals surface area contributed by atoms with Crippen molar-refractivity contribution < 1.29 is 113 Å². The fraction of sp³-hybridized carbons (Fsp3) is 0.927. The Hall–Kier alpha value is -2.08. The van der Waals surface area contributed by atoms with Gasteiger partial charge in [0, 0.05) is 19.8 Å². The fourth-order valence-electron chi connectivity index (χ4n) is 16.6. The molecule has 29 atom stereocenters. The first-order chi connectivity index (χ1) is 36.5. The van der Waals surface area contributed by atoms with E-state index in [0.717, 1.165) is 46.0 Å². The molecule has 4 saturated carbocycles. The second-order valence-electron chi connectivity index (χ2n) is 26.2. The molecule has 0 radical (unpaired) electrons. The summed E-state index contributed by atoms with van der Waals surface area (Å²) < 4.78 is 59.2. The maximum atomic E-state index is 12.2. The van der Waals surface area contributed by atoms with Crippen molar-refractivity contribution in [1.29, 1.82) is 0 Å². The summed E-state index contributed by atoms with van der Waals surface area (Å²) in [6.45, 7) is 16.0. The second-order valence-corrected chi connectivity index (χ2v) is 26.2. The van der Waals surface area contributed by atoms with Crippen molar-refractivity contribution >= 4 is 11.9 Å². The van der Waals surface area contributed by atoms with Crippen molar-refractivity contribution in [3.8, 4) is 0 Å². The van der Waals surface area contributed by atoms with Crippen LogP contribution in [0.4, 0.5) is 0 Å². The molecule has 9 rings (SSSR count). The van der Waals surface area contributed by atoms with Crippen molar-refractivity contribution in [2.24, 2.45) is 57.2 Å². The molecule has 4 aliphatic heterocycles. The first-order valence-electron chi connectivity index (χ1n) is 28.1. The smallest absolute Gasteiger partial charge is 0.303 e. The van der Waals surface area contributed by atoms with E-state index >= 15 is 0 Å². The molecule has 29 unspecified atom stereocenters. The van der Waals surface area contributed by atoms with Gasteiger partial charge < -0.3 is 104 Å². The van der Waals surface area contributed by atoms with Gasteiger partial charge in [0.2, 0.25) is 0 Å². The van der Waals surface area contributed by atoms with Gasteiger partial charge in [-0.25, -0.2) is 0 Å². The monoisotopic (exact) mass is 1120 g/mol. The van der Waals surface area contributed by atoms with E-state index in [4.69, 9.17) is 47.4 Å². The summed E-state index contributed by atoms with van der Waals surface area (Å²) in [5.74, 6) is -1.02. The molecule has 8 fully saturated rings. The highest BCUT2D eigenvalue weighted by Crippen LogP contribution is 2.71. The van der Waals surface area contributed by atoms with Gasteiger partial charge in [-0.15, -0.1) is 0 Å². The lowest BCUT2D eigenvalue weighted by Gasteiger charge is -2.69. The SMILES string of the molecule is CC(=O)OCC1OC(OC2C(OCC3OC(OC4CCC5(C)C(CCC6(C)C7C(=CCC65)C5CC(C)(C)CC(C)C5C(O)C7O)C4(C)C)C(OC4OCC(O)C(O)C4O)C(O)C3O)OCC(OC(C)=O)C2O)C(O)C(O)C1O. The summed E-state index contributed by atoms with van der Waals surface area (Å²) in [6.07, 6.45) is -24.2. The van der Waals surface area contributed by atoms with Gasteiger partial charge >= 0.3 is 11.9 Å². The van der Waals surface area contributed by atoms with E-state index < -0.39 is 173 Å². The molecule has 11 N–H and O–H groups in total. The summed E-state index contributed by atoms with van der Waals surface area (Å²) in [6, 6.07) is 0. The fourth-order valence-corrected chi connectivity index (χ4v) is 16.6. The number of esters is 2. The van der Waals surface area contributed by atoms with E-state index in [9.17, 15) is 65.8 Å². The minimum absolute atomic E-state index is 0.000679. The van der Waals surface area contributed by atoms with Crippen molar-refractivity contribution in [3.63, 3.8) is 0 Å². The Morgan fingerprint density at radius 1 is 0.603 bits per heavy atom. The van der Waals surface area contributed by atoms with E-state index in [-0.39, 0.29) is 51.8 Å². The molecule has 9 aliphatic rings. The number of aliphatic hydroxyl groups is 11. The summed E-state index contributed by atoms with van der Waals surface area (Å²) in [5, 5.41) is 124. The zero-order chi connectivity index (χ0) is 56.9. The van der Waals surface area contributed by atoms with Crippen LogP contribution >= 0.6 is 0 Å². The van der Waals surface area contributed by atoms with E-state index in [0.29, 0.717) is 12.8 Å². The Kier molecular flexibility index (Phi) is 17.7. The number of fused-ring (bicyclic) bond motifs is 7. The summed E-state index contributed by atoms with van der Waals surface area (Å²) in [4.78, 5) is 23.6. The predicted octanol–water partition coefficient (Wildman–Crippen LogP) is -0.707. The van der Waals surface area contributed by atoms with Gasteiger partial charge in [-0.05, 0) is 96.2 Å². The number of hydrogen-bond acceptors (Lipinski definition) is 23. The number of carbonyl (C=O) groups excluding carboxylic acids is 2. The minimum Gasteiger partial charge on any atom is -0.463 e. The van der Waals surface area contributed by atoms with Gasteiger partial charge in [0.15, 0.2) is 31.3 Å². The normalized spacial score (nSPS) is 51.8. The molecule has 23 heteroatoms. The van der Waals surface area contributed by atoms with Crippen LogP contribution in [0, 0.1) is 57.2 Å². The molecule has 5 aliphatic carbocycles. The maximum Gasteiger partial charge on any atom is 0.303 e. The Labute approximate surface area is 455 Å². The molecule has 0 aromatic carbocycles. The largest absolute Gasteiger partial charge is 0.463 e. The van der Waals surface area contributed by atoms with E-state index in [2.05, 4.69) is 54.5 Å². The number of allylic oxidation sites excluding steroid dienone is 1. The summed E-state index contributed by atoms with van der Waals surface area (Å²) in [7, 11) is 0. The van der Waals surface area contributed by atoms with Crippen LogP contribution in [-0.4, -0.2) is 223 Å². The highest BCUT2D eigenvalue weighted by molar-refractivity contribution is 5.66. The molecule has 4 heterocycles. The first kappa shape index (κ1) is 60.5. The lowest BCUT2D eigenvalue weighted by atomic mass is 9.37. The van der Waals surface area contributed by atoms with Crippen molar-refractivity contribution in [2.75, 3.05) is 26.4 Å².